The van der Waals surface area contributed by atoms with E-state index in [1.807, 2.05) is 6.92 Å². The highest BCUT2D eigenvalue weighted by Crippen LogP contribution is 2.18. The molecule has 1 aromatic heterocycles. The van der Waals surface area contributed by atoms with E-state index in [-0.39, 0.29) is 5.56 Å². The van der Waals surface area contributed by atoms with Gasteiger partial charge in [0.25, 0.3) is 5.56 Å². The van der Waals surface area contributed by atoms with Gasteiger partial charge in [0, 0.05) is 17.3 Å². The molecule has 1 aliphatic carbocycles. The van der Waals surface area contributed by atoms with Gasteiger partial charge in [-0.2, -0.15) is 0 Å². The summed E-state index contributed by atoms with van der Waals surface area (Å²) in [5.74, 6) is 0.741. The van der Waals surface area contributed by atoms with E-state index in [4.69, 9.17) is 0 Å². The van der Waals surface area contributed by atoms with Gasteiger partial charge in [0.2, 0.25) is 0 Å². The molecular formula is C10H15N3O. The minimum absolute atomic E-state index is 0.0231. The highest BCUT2D eigenvalue weighted by atomic mass is 16.1. The summed E-state index contributed by atoms with van der Waals surface area (Å²) in [5, 5.41) is 3.31. The molecule has 4 nitrogen and oxygen atoms in total. The fraction of sp³-hybridized carbons (Fsp3) is 0.600. The molecule has 0 spiro atoms. The molecule has 1 heterocycles. The van der Waals surface area contributed by atoms with Crippen molar-refractivity contribution in [2.24, 2.45) is 0 Å². The van der Waals surface area contributed by atoms with Crippen LogP contribution in [0.3, 0.4) is 0 Å². The molecule has 0 bridgehead atoms. The summed E-state index contributed by atoms with van der Waals surface area (Å²) in [4.78, 5) is 18.5. The summed E-state index contributed by atoms with van der Waals surface area (Å²) in [6.45, 7) is 4.32. The second kappa shape index (κ2) is 3.53. The molecule has 76 valence electrons. The fourth-order valence-electron chi connectivity index (χ4n) is 1.32. The van der Waals surface area contributed by atoms with Crippen molar-refractivity contribution in [3.8, 4) is 0 Å². The van der Waals surface area contributed by atoms with E-state index in [9.17, 15) is 4.79 Å². The Bertz CT molecular complexity index is 393. The van der Waals surface area contributed by atoms with Crippen LogP contribution in [0.1, 0.15) is 29.9 Å². The molecule has 14 heavy (non-hydrogen) atoms. The summed E-state index contributed by atoms with van der Waals surface area (Å²) in [5.41, 5.74) is 1.51. The minimum atomic E-state index is -0.0231. The maximum Gasteiger partial charge on any atom is 0.254 e. The summed E-state index contributed by atoms with van der Waals surface area (Å²) in [6, 6.07) is 0.641. The van der Waals surface area contributed by atoms with E-state index in [0.29, 0.717) is 18.2 Å². The molecule has 4 heteroatoms. The van der Waals surface area contributed by atoms with Gasteiger partial charge in [-0.25, -0.2) is 4.98 Å². The smallest absolute Gasteiger partial charge is 0.254 e. The number of nitrogens with one attached hydrogen (secondary N) is 2. The molecule has 2 rings (SSSR count). The number of aromatic amines is 1. The average Bonchev–Trinajstić information content (AvgIpc) is 2.94. The zero-order chi connectivity index (χ0) is 10.1. The van der Waals surface area contributed by atoms with Gasteiger partial charge in [-0.3, -0.25) is 4.79 Å². The Morgan fingerprint density at radius 1 is 1.50 bits per heavy atom. The normalized spacial score (nSPS) is 15.9. The molecule has 0 saturated heterocycles. The molecule has 1 saturated carbocycles. The van der Waals surface area contributed by atoms with Crippen molar-refractivity contribution in [3.63, 3.8) is 0 Å². The SMILES string of the molecule is Cc1nc(CNC2CC2)[nH]c(=O)c1C. The van der Waals surface area contributed by atoms with Gasteiger partial charge >= 0.3 is 0 Å². The van der Waals surface area contributed by atoms with Crippen molar-refractivity contribution >= 4 is 0 Å². The first-order valence-corrected chi connectivity index (χ1v) is 4.96. The Kier molecular flexibility index (Phi) is 2.37. The van der Waals surface area contributed by atoms with Crippen LogP contribution in [0.4, 0.5) is 0 Å². The first-order chi connectivity index (χ1) is 6.66. The third kappa shape index (κ3) is 2.01. The van der Waals surface area contributed by atoms with Gasteiger partial charge < -0.3 is 10.3 Å². The predicted octanol–water partition coefficient (Wildman–Crippen LogP) is 0.639. The van der Waals surface area contributed by atoms with Gasteiger partial charge in [0.15, 0.2) is 0 Å². The van der Waals surface area contributed by atoms with Crippen LogP contribution < -0.4 is 10.9 Å². The number of hydrogen-bond donors (Lipinski definition) is 2. The Morgan fingerprint density at radius 3 is 2.79 bits per heavy atom. The first kappa shape index (κ1) is 9.40. The van der Waals surface area contributed by atoms with E-state index < -0.39 is 0 Å². The van der Waals surface area contributed by atoms with Crippen molar-refractivity contribution in [3.05, 3.63) is 27.4 Å². The Hall–Kier alpha value is -1.16. The fourth-order valence-corrected chi connectivity index (χ4v) is 1.32. The second-order valence-corrected chi connectivity index (χ2v) is 3.88. The van der Waals surface area contributed by atoms with Gasteiger partial charge in [0.05, 0.1) is 6.54 Å². The Labute approximate surface area is 82.8 Å². The van der Waals surface area contributed by atoms with E-state index in [1.54, 1.807) is 6.92 Å². The molecule has 1 aromatic rings. The van der Waals surface area contributed by atoms with Gasteiger partial charge in [-0.15, -0.1) is 0 Å². The van der Waals surface area contributed by atoms with Crippen LogP contribution in [0.2, 0.25) is 0 Å². The van der Waals surface area contributed by atoms with Crippen molar-refractivity contribution in [2.45, 2.75) is 39.3 Å². The standard InChI is InChI=1S/C10H15N3O/c1-6-7(2)12-9(13-10(6)14)5-11-8-3-4-8/h8,11H,3-5H2,1-2H3,(H,12,13,14). The number of nitrogens with zero attached hydrogens (tertiary/aromatic N) is 1. The number of H-pyrrole nitrogens is 1. The Balaban J connectivity index is 2.13. The zero-order valence-corrected chi connectivity index (χ0v) is 8.55. The number of aromatic nitrogens is 2. The lowest BCUT2D eigenvalue weighted by Crippen LogP contribution is -2.22. The second-order valence-electron chi connectivity index (χ2n) is 3.88. The van der Waals surface area contributed by atoms with Crippen molar-refractivity contribution in [2.75, 3.05) is 0 Å². The molecule has 1 aliphatic rings. The van der Waals surface area contributed by atoms with E-state index in [0.717, 1.165) is 11.5 Å². The van der Waals surface area contributed by atoms with E-state index in [1.165, 1.54) is 12.8 Å². The first-order valence-electron chi connectivity index (χ1n) is 4.96. The maximum atomic E-state index is 11.4. The van der Waals surface area contributed by atoms with Crippen molar-refractivity contribution in [1.29, 1.82) is 0 Å². The van der Waals surface area contributed by atoms with Crippen LogP contribution in [0.5, 0.6) is 0 Å². The summed E-state index contributed by atoms with van der Waals surface area (Å²) >= 11 is 0. The van der Waals surface area contributed by atoms with Crippen LogP contribution in [0.15, 0.2) is 4.79 Å². The van der Waals surface area contributed by atoms with Crippen molar-refractivity contribution in [1.82, 2.24) is 15.3 Å². The lowest BCUT2D eigenvalue weighted by atomic mass is 10.3. The number of rotatable bonds is 3. The number of aryl methyl sites for hydroxylation is 1. The largest absolute Gasteiger partial charge is 0.309 e. The molecule has 0 atom stereocenters. The molecule has 0 aliphatic heterocycles. The molecule has 0 amide bonds. The molecule has 0 unspecified atom stereocenters. The summed E-state index contributed by atoms with van der Waals surface area (Å²) in [6.07, 6.45) is 2.49. The van der Waals surface area contributed by atoms with Crippen LogP contribution in [-0.2, 0) is 6.54 Å². The van der Waals surface area contributed by atoms with E-state index in [2.05, 4.69) is 15.3 Å². The maximum absolute atomic E-state index is 11.4. The topological polar surface area (TPSA) is 57.8 Å². The van der Waals surface area contributed by atoms with Crippen LogP contribution in [-0.4, -0.2) is 16.0 Å². The lowest BCUT2D eigenvalue weighted by molar-refractivity contribution is 0.651. The summed E-state index contributed by atoms with van der Waals surface area (Å²) < 4.78 is 0. The van der Waals surface area contributed by atoms with Gasteiger partial charge in [-0.05, 0) is 26.7 Å². The average molecular weight is 193 g/mol. The molecular weight excluding hydrogens is 178 g/mol. The van der Waals surface area contributed by atoms with Crippen LogP contribution >= 0.6 is 0 Å². The predicted molar refractivity (Wildman–Crippen MR) is 54.2 cm³/mol. The van der Waals surface area contributed by atoms with Crippen LogP contribution in [0, 0.1) is 13.8 Å². The van der Waals surface area contributed by atoms with Crippen molar-refractivity contribution < 1.29 is 0 Å². The summed E-state index contributed by atoms with van der Waals surface area (Å²) in [7, 11) is 0. The monoisotopic (exact) mass is 193 g/mol. The van der Waals surface area contributed by atoms with E-state index >= 15 is 0 Å². The zero-order valence-electron chi connectivity index (χ0n) is 8.55. The third-order valence-electron chi connectivity index (χ3n) is 2.58. The van der Waals surface area contributed by atoms with Gasteiger partial charge in [0.1, 0.15) is 5.82 Å². The minimum Gasteiger partial charge on any atom is -0.309 e. The molecule has 2 N–H and O–H groups in total. The highest BCUT2D eigenvalue weighted by molar-refractivity contribution is 5.14. The molecule has 1 fully saturated rings. The van der Waals surface area contributed by atoms with Crippen LogP contribution in [0.25, 0.3) is 0 Å². The Morgan fingerprint density at radius 2 is 2.21 bits per heavy atom. The third-order valence-corrected chi connectivity index (χ3v) is 2.58. The van der Waals surface area contributed by atoms with Gasteiger partial charge in [-0.1, -0.05) is 0 Å². The molecule has 0 radical (unpaired) electrons. The lowest BCUT2D eigenvalue weighted by Gasteiger charge is -2.04. The number of hydrogen-bond acceptors (Lipinski definition) is 3. The highest BCUT2D eigenvalue weighted by Gasteiger charge is 2.20. The molecule has 0 aromatic carbocycles. The quantitative estimate of drug-likeness (QED) is 0.740.